The topological polar surface area (TPSA) is 108 Å². The Morgan fingerprint density at radius 2 is 0.981 bits per heavy atom. The number of ether oxygens (including phenoxy) is 2. The van der Waals surface area contributed by atoms with Gasteiger partial charge in [-0.1, -0.05) is 154 Å². The van der Waals surface area contributed by atoms with E-state index in [1.165, 1.54) is 109 Å². The number of allylic oxidation sites excluding steroid dienone is 2. The first-order valence-corrected chi connectivity index (χ1v) is 22.9. The predicted molar refractivity (Wildman–Crippen MR) is 215 cm³/mol. The number of nitrogens with zero attached hydrogens (tertiary/aromatic N) is 1. The van der Waals surface area contributed by atoms with Gasteiger partial charge in [-0.3, -0.25) is 18.6 Å². The van der Waals surface area contributed by atoms with Gasteiger partial charge in [-0.2, -0.15) is 0 Å². The molecule has 10 heteroatoms. The van der Waals surface area contributed by atoms with Crippen LogP contribution >= 0.6 is 7.82 Å². The van der Waals surface area contributed by atoms with Crippen LogP contribution in [0.25, 0.3) is 0 Å². The van der Waals surface area contributed by atoms with E-state index in [1.54, 1.807) is 0 Å². The molecule has 0 aromatic rings. The fourth-order valence-electron chi connectivity index (χ4n) is 5.89. The summed E-state index contributed by atoms with van der Waals surface area (Å²) in [6.45, 7) is 4.42. The number of phosphoric acid groups is 1. The zero-order valence-electron chi connectivity index (χ0n) is 34.6. The van der Waals surface area contributed by atoms with Gasteiger partial charge < -0.3 is 18.9 Å². The van der Waals surface area contributed by atoms with Gasteiger partial charge in [0.05, 0.1) is 27.7 Å². The summed E-state index contributed by atoms with van der Waals surface area (Å²) < 4.78 is 34.2. The molecule has 0 aliphatic rings. The Morgan fingerprint density at radius 3 is 1.42 bits per heavy atom. The highest BCUT2D eigenvalue weighted by atomic mass is 31.2. The molecule has 1 unspecified atom stereocenters. The van der Waals surface area contributed by atoms with Crippen LogP contribution in [0.15, 0.2) is 12.2 Å². The predicted octanol–water partition coefficient (Wildman–Crippen LogP) is 11.8. The highest BCUT2D eigenvalue weighted by Gasteiger charge is 2.27. The smallest absolute Gasteiger partial charge is 0.462 e. The second-order valence-electron chi connectivity index (χ2n) is 15.7. The van der Waals surface area contributed by atoms with Crippen LogP contribution in [0, 0.1) is 0 Å². The average molecular weight is 761 g/mol. The van der Waals surface area contributed by atoms with Crippen molar-refractivity contribution >= 4 is 19.8 Å². The minimum atomic E-state index is -4.37. The molecule has 0 aromatic carbocycles. The number of esters is 2. The molecule has 0 fully saturated rings. The summed E-state index contributed by atoms with van der Waals surface area (Å²) in [5, 5.41) is 0. The van der Waals surface area contributed by atoms with Gasteiger partial charge >= 0.3 is 19.8 Å². The van der Waals surface area contributed by atoms with Crippen molar-refractivity contribution in [1.82, 2.24) is 0 Å². The van der Waals surface area contributed by atoms with Crippen molar-refractivity contribution in [2.75, 3.05) is 47.5 Å². The van der Waals surface area contributed by atoms with Gasteiger partial charge in [-0.05, 0) is 38.5 Å². The zero-order chi connectivity index (χ0) is 38.6. The maximum Gasteiger partial charge on any atom is 0.472 e. The molecular weight excluding hydrogens is 677 g/mol. The Morgan fingerprint density at radius 1 is 0.577 bits per heavy atom. The standard InChI is InChI=1S/C42H82NO8P/c1-6-8-10-12-14-16-18-20-21-23-25-27-29-31-33-35-42(45)51-40(39-50-52(46,47)49-37-36-43(3,4)5)38-48-41(44)34-32-30-28-26-24-22-19-17-15-13-11-9-7-2/h21,23,40H,6-20,22,24-39H2,1-5H3/p+1/b23-21+/t40-/m1/s1. The summed E-state index contributed by atoms with van der Waals surface area (Å²) in [5.74, 6) is -0.804. The van der Waals surface area contributed by atoms with Crippen LogP contribution < -0.4 is 0 Å². The van der Waals surface area contributed by atoms with Gasteiger partial charge in [-0.25, -0.2) is 4.57 Å². The van der Waals surface area contributed by atoms with Crippen LogP contribution in [0.3, 0.4) is 0 Å². The quantitative estimate of drug-likeness (QED) is 0.0217. The first kappa shape index (κ1) is 50.8. The molecule has 9 nitrogen and oxygen atoms in total. The number of carbonyl (C=O) groups is 2. The van der Waals surface area contributed by atoms with E-state index in [-0.39, 0.29) is 25.6 Å². The molecule has 0 amide bonds. The fraction of sp³-hybridized carbons (Fsp3) is 0.905. The summed E-state index contributed by atoms with van der Waals surface area (Å²) in [5.41, 5.74) is 0. The summed E-state index contributed by atoms with van der Waals surface area (Å²) in [4.78, 5) is 35.3. The normalized spacial score (nSPS) is 13.7. The summed E-state index contributed by atoms with van der Waals surface area (Å²) in [7, 11) is 1.48. The van der Waals surface area contributed by atoms with Crippen LogP contribution in [0.4, 0.5) is 0 Å². The number of rotatable bonds is 39. The molecule has 1 N–H and O–H groups in total. The molecule has 0 rings (SSSR count). The lowest BCUT2D eigenvalue weighted by Crippen LogP contribution is -2.37. The van der Waals surface area contributed by atoms with Gasteiger partial charge in [0.15, 0.2) is 6.10 Å². The Labute approximate surface area is 320 Å². The molecule has 0 saturated heterocycles. The van der Waals surface area contributed by atoms with Crippen LogP contribution in [0.5, 0.6) is 0 Å². The molecule has 0 radical (unpaired) electrons. The van der Waals surface area contributed by atoms with Crippen molar-refractivity contribution in [3.8, 4) is 0 Å². The van der Waals surface area contributed by atoms with E-state index in [1.807, 2.05) is 21.1 Å². The van der Waals surface area contributed by atoms with Gasteiger partial charge in [0.1, 0.15) is 19.8 Å². The molecule has 2 atom stereocenters. The molecule has 0 aromatic heterocycles. The number of likely N-dealkylation sites (N-methyl/N-ethyl adjacent to an activating group) is 1. The average Bonchev–Trinajstić information content (AvgIpc) is 3.09. The molecular formula is C42H83NO8P+. The lowest BCUT2D eigenvalue weighted by molar-refractivity contribution is -0.870. The fourth-order valence-corrected chi connectivity index (χ4v) is 6.63. The number of hydrogen-bond acceptors (Lipinski definition) is 7. The van der Waals surface area contributed by atoms with E-state index >= 15 is 0 Å². The Hall–Kier alpha value is -1.25. The first-order chi connectivity index (χ1) is 25.0. The lowest BCUT2D eigenvalue weighted by atomic mass is 10.0. The van der Waals surface area contributed by atoms with Gasteiger partial charge in [0, 0.05) is 12.8 Å². The molecule has 52 heavy (non-hydrogen) atoms. The van der Waals surface area contributed by atoms with Crippen LogP contribution in [-0.2, 0) is 32.7 Å². The minimum Gasteiger partial charge on any atom is -0.462 e. The van der Waals surface area contributed by atoms with Crippen molar-refractivity contribution in [1.29, 1.82) is 0 Å². The van der Waals surface area contributed by atoms with Gasteiger partial charge in [0.2, 0.25) is 0 Å². The van der Waals surface area contributed by atoms with Crippen molar-refractivity contribution in [3.63, 3.8) is 0 Å². The van der Waals surface area contributed by atoms with E-state index in [0.29, 0.717) is 23.9 Å². The third kappa shape index (κ3) is 38.5. The monoisotopic (exact) mass is 761 g/mol. The molecule has 0 heterocycles. The van der Waals surface area contributed by atoms with Gasteiger partial charge in [-0.15, -0.1) is 0 Å². The van der Waals surface area contributed by atoms with E-state index in [0.717, 1.165) is 51.4 Å². The molecule has 0 spiro atoms. The molecule has 308 valence electrons. The molecule has 0 aliphatic heterocycles. The van der Waals surface area contributed by atoms with Crippen LogP contribution in [0.2, 0.25) is 0 Å². The van der Waals surface area contributed by atoms with Crippen molar-refractivity contribution in [2.24, 2.45) is 0 Å². The summed E-state index contributed by atoms with van der Waals surface area (Å²) in [6, 6.07) is 0. The van der Waals surface area contributed by atoms with Crippen molar-refractivity contribution in [3.05, 3.63) is 12.2 Å². The summed E-state index contributed by atoms with van der Waals surface area (Å²) >= 11 is 0. The molecule has 0 bridgehead atoms. The number of hydrogen-bond donors (Lipinski definition) is 1. The molecule has 0 aliphatic carbocycles. The number of carbonyl (C=O) groups excluding carboxylic acids is 2. The maximum absolute atomic E-state index is 12.7. The Kier molecular flexibility index (Phi) is 34.6. The Balaban J connectivity index is 4.38. The highest BCUT2D eigenvalue weighted by Crippen LogP contribution is 2.43. The number of phosphoric ester groups is 1. The highest BCUT2D eigenvalue weighted by molar-refractivity contribution is 7.47. The SMILES string of the molecule is CCCCCCCCC/C=C/CCCCCCC(=O)O[C@H](COC(=O)CCCCCCCCCCCCCCC)COP(=O)(O)OCC[N+](C)(C)C. The second-order valence-corrected chi connectivity index (χ2v) is 17.2. The molecule has 0 saturated carbocycles. The van der Waals surface area contributed by atoms with Crippen LogP contribution in [-0.4, -0.2) is 74.9 Å². The lowest BCUT2D eigenvalue weighted by Gasteiger charge is -2.24. The third-order valence-electron chi connectivity index (χ3n) is 9.30. The number of unbranched alkanes of at least 4 members (excludes halogenated alkanes) is 23. The minimum absolute atomic E-state index is 0.0326. The van der Waals surface area contributed by atoms with E-state index in [9.17, 15) is 19.0 Å². The van der Waals surface area contributed by atoms with Crippen molar-refractivity contribution in [2.45, 2.75) is 200 Å². The van der Waals surface area contributed by atoms with Gasteiger partial charge in [0.25, 0.3) is 0 Å². The van der Waals surface area contributed by atoms with Crippen LogP contribution in [0.1, 0.15) is 194 Å². The summed E-state index contributed by atoms with van der Waals surface area (Å²) in [6.07, 6.45) is 35.4. The Bertz CT molecular complexity index is 907. The third-order valence-corrected chi connectivity index (χ3v) is 10.3. The number of quaternary nitrogens is 1. The zero-order valence-corrected chi connectivity index (χ0v) is 35.5. The van der Waals surface area contributed by atoms with Crippen molar-refractivity contribution < 1.29 is 42.1 Å². The first-order valence-electron chi connectivity index (χ1n) is 21.4. The maximum atomic E-state index is 12.7. The van der Waals surface area contributed by atoms with E-state index in [2.05, 4.69) is 26.0 Å². The van der Waals surface area contributed by atoms with E-state index in [4.69, 9.17) is 18.5 Å². The largest absolute Gasteiger partial charge is 0.472 e. The second kappa shape index (κ2) is 35.5. The van der Waals surface area contributed by atoms with E-state index < -0.39 is 26.5 Å².